The van der Waals surface area contributed by atoms with Gasteiger partial charge in [0.25, 0.3) is 5.91 Å². The van der Waals surface area contributed by atoms with Crippen molar-refractivity contribution in [2.75, 3.05) is 26.1 Å². The second kappa shape index (κ2) is 8.68. The fraction of sp³-hybridized carbons (Fsp3) is 0.200. The monoisotopic (exact) mass is 349 g/mol. The molecule has 1 aromatic heterocycles. The van der Waals surface area contributed by atoms with Crippen LogP contribution in [0, 0.1) is 0 Å². The SMILES string of the molecule is COc1cc(C=NNC(=O)CNc2cccc(Cl)c2)nc(OC)n1. The average molecular weight is 350 g/mol. The highest BCUT2D eigenvalue weighted by Gasteiger charge is 2.04. The molecule has 0 unspecified atom stereocenters. The van der Waals surface area contributed by atoms with E-state index in [-0.39, 0.29) is 18.5 Å². The third-order valence-electron chi connectivity index (χ3n) is 2.76. The first-order valence-corrected chi connectivity index (χ1v) is 7.27. The van der Waals surface area contributed by atoms with Gasteiger partial charge in [-0.25, -0.2) is 5.43 Å². The number of carbonyl (C=O) groups is 1. The number of rotatable bonds is 7. The molecule has 0 aliphatic heterocycles. The molecule has 0 fully saturated rings. The molecule has 0 bridgehead atoms. The Bertz CT molecular complexity index is 717. The Hall–Kier alpha value is -2.87. The van der Waals surface area contributed by atoms with Crippen molar-refractivity contribution in [2.45, 2.75) is 0 Å². The molecule has 0 saturated heterocycles. The van der Waals surface area contributed by atoms with E-state index in [0.717, 1.165) is 5.69 Å². The number of benzene rings is 1. The van der Waals surface area contributed by atoms with Crippen LogP contribution in [0.4, 0.5) is 5.69 Å². The zero-order valence-corrected chi connectivity index (χ0v) is 13.9. The highest BCUT2D eigenvalue weighted by atomic mass is 35.5. The predicted molar refractivity (Wildman–Crippen MR) is 90.8 cm³/mol. The van der Waals surface area contributed by atoms with Crippen LogP contribution < -0.4 is 20.2 Å². The van der Waals surface area contributed by atoms with Gasteiger partial charge in [-0.05, 0) is 18.2 Å². The van der Waals surface area contributed by atoms with Crippen LogP contribution in [0.2, 0.25) is 5.02 Å². The number of anilines is 1. The Balaban J connectivity index is 1.88. The molecule has 0 aliphatic carbocycles. The molecule has 126 valence electrons. The molecular formula is C15H16ClN5O3. The molecular weight excluding hydrogens is 334 g/mol. The summed E-state index contributed by atoms with van der Waals surface area (Å²) in [6, 6.07) is 8.77. The number of halogens is 1. The molecule has 0 atom stereocenters. The zero-order chi connectivity index (χ0) is 17.4. The van der Waals surface area contributed by atoms with Gasteiger partial charge < -0.3 is 14.8 Å². The minimum absolute atomic E-state index is 0.0497. The Labute approximate surface area is 143 Å². The van der Waals surface area contributed by atoms with Gasteiger partial charge in [-0.3, -0.25) is 4.79 Å². The van der Waals surface area contributed by atoms with Gasteiger partial charge >= 0.3 is 6.01 Å². The van der Waals surface area contributed by atoms with Crippen molar-refractivity contribution < 1.29 is 14.3 Å². The maximum atomic E-state index is 11.7. The normalized spacial score (nSPS) is 10.5. The van der Waals surface area contributed by atoms with Gasteiger partial charge in [-0.1, -0.05) is 17.7 Å². The van der Waals surface area contributed by atoms with E-state index in [1.165, 1.54) is 20.4 Å². The van der Waals surface area contributed by atoms with E-state index >= 15 is 0 Å². The molecule has 1 amide bonds. The third kappa shape index (κ3) is 5.40. The van der Waals surface area contributed by atoms with Gasteiger partial charge in [0, 0.05) is 16.8 Å². The zero-order valence-electron chi connectivity index (χ0n) is 13.1. The number of hydrogen-bond donors (Lipinski definition) is 2. The summed E-state index contributed by atoms with van der Waals surface area (Å²) in [4.78, 5) is 19.7. The van der Waals surface area contributed by atoms with E-state index in [1.807, 2.05) is 6.07 Å². The molecule has 1 heterocycles. The van der Waals surface area contributed by atoms with Crippen LogP contribution in [0.15, 0.2) is 35.4 Å². The van der Waals surface area contributed by atoms with Crippen LogP contribution in [0.25, 0.3) is 0 Å². The quantitative estimate of drug-likeness (QED) is 0.583. The smallest absolute Gasteiger partial charge is 0.320 e. The van der Waals surface area contributed by atoms with E-state index < -0.39 is 0 Å². The van der Waals surface area contributed by atoms with Gasteiger partial charge in [0.05, 0.1) is 32.7 Å². The lowest BCUT2D eigenvalue weighted by atomic mass is 10.3. The van der Waals surface area contributed by atoms with E-state index in [9.17, 15) is 4.79 Å². The molecule has 24 heavy (non-hydrogen) atoms. The summed E-state index contributed by atoms with van der Waals surface area (Å²) < 4.78 is 9.97. The minimum Gasteiger partial charge on any atom is -0.481 e. The standard InChI is InChI=1S/C15H16ClN5O3/c1-23-14-7-12(19-15(20-14)24-2)8-18-21-13(22)9-17-11-5-3-4-10(16)6-11/h3-8,17H,9H2,1-2H3,(H,21,22). The van der Waals surface area contributed by atoms with Crippen LogP contribution >= 0.6 is 11.6 Å². The van der Waals surface area contributed by atoms with E-state index in [1.54, 1.807) is 24.3 Å². The number of hydrazone groups is 1. The number of aromatic nitrogens is 2. The Kier molecular flexibility index (Phi) is 6.32. The summed E-state index contributed by atoms with van der Waals surface area (Å²) in [7, 11) is 2.92. The summed E-state index contributed by atoms with van der Waals surface area (Å²) in [5, 5.41) is 7.35. The third-order valence-corrected chi connectivity index (χ3v) is 2.99. The summed E-state index contributed by atoms with van der Waals surface area (Å²) in [5.41, 5.74) is 3.56. The van der Waals surface area contributed by atoms with Gasteiger partial charge in [-0.15, -0.1) is 0 Å². The van der Waals surface area contributed by atoms with E-state index in [4.69, 9.17) is 21.1 Å². The largest absolute Gasteiger partial charge is 0.481 e. The lowest BCUT2D eigenvalue weighted by Crippen LogP contribution is -2.25. The van der Waals surface area contributed by atoms with Crippen molar-refractivity contribution >= 4 is 29.4 Å². The number of nitrogens with one attached hydrogen (secondary N) is 2. The first kappa shape index (κ1) is 17.5. The molecule has 2 N–H and O–H groups in total. The number of hydrogen-bond acceptors (Lipinski definition) is 7. The van der Waals surface area contributed by atoms with Crippen molar-refractivity contribution in [1.29, 1.82) is 0 Å². The first-order valence-electron chi connectivity index (χ1n) is 6.89. The highest BCUT2D eigenvalue weighted by molar-refractivity contribution is 6.30. The van der Waals surface area contributed by atoms with Crippen LogP contribution in [-0.4, -0.2) is 42.9 Å². The number of methoxy groups -OCH3 is 2. The molecule has 2 aromatic rings. The molecule has 0 radical (unpaired) electrons. The van der Waals surface area contributed by atoms with E-state index in [2.05, 4.69) is 25.8 Å². The topological polar surface area (TPSA) is 97.7 Å². The van der Waals surface area contributed by atoms with Crippen molar-refractivity contribution in [2.24, 2.45) is 5.10 Å². The van der Waals surface area contributed by atoms with Crippen molar-refractivity contribution in [3.8, 4) is 11.9 Å². The lowest BCUT2D eigenvalue weighted by molar-refractivity contribution is -0.119. The molecule has 9 heteroatoms. The fourth-order valence-corrected chi connectivity index (χ4v) is 1.86. The predicted octanol–water partition coefficient (Wildman–Crippen LogP) is 1.71. The number of carbonyl (C=O) groups excluding carboxylic acids is 1. The van der Waals surface area contributed by atoms with Crippen molar-refractivity contribution in [3.63, 3.8) is 0 Å². The second-order valence-corrected chi connectivity index (χ2v) is 4.92. The minimum atomic E-state index is -0.320. The molecule has 0 spiro atoms. The number of amides is 1. The summed E-state index contributed by atoms with van der Waals surface area (Å²) in [5.74, 6) is 0.0106. The Morgan fingerprint density at radius 2 is 2.12 bits per heavy atom. The molecule has 0 saturated carbocycles. The van der Waals surface area contributed by atoms with Crippen LogP contribution in [0.3, 0.4) is 0 Å². The Morgan fingerprint density at radius 3 is 2.83 bits per heavy atom. The number of ether oxygens (including phenoxy) is 2. The maximum Gasteiger partial charge on any atom is 0.320 e. The van der Waals surface area contributed by atoms with Gasteiger partial charge in [0.15, 0.2) is 0 Å². The van der Waals surface area contributed by atoms with Crippen molar-refractivity contribution in [3.05, 3.63) is 41.0 Å². The fourth-order valence-electron chi connectivity index (χ4n) is 1.67. The molecule has 1 aromatic carbocycles. The van der Waals surface area contributed by atoms with Crippen molar-refractivity contribution in [1.82, 2.24) is 15.4 Å². The van der Waals surface area contributed by atoms with Gasteiger partial charge in [-0.2, -0.15) is 15.1 Å². The average Bonchev–Trinajstić information content (AvgIpc) is 2.59. The number of nitrogens with zero attached hydrogens (tertiary/aromatic N) is 3. The van der Waals surface area contributed by atoms with Crippen LogP contribution in [0.5, 0.6) is 11.9 Å². The maximum absolute atomic E-state index is 11.7. The highest BCUT2D eigenvalue weighted by Crippen LogP contribution is 2.14. The second-order valence-electron chi connectivity index (χ2n) is 4.48. The van der Waals surface area contributed by atoms with E-state index in [0.29, 0.717) is 16.6 Å². The Morgan fingerprint density at radius 1 is 1.29 bits per heavy atom. The lowest BCUT2D eigenvalue weighted by Gasteiger charge is -2.05. The van der Waals surface area contributed by atoms with Gasteiger partial charge in [0.2, 0.25) is 5.88 Å². The molecule has 0 aliphatic rings. The first-order chi connectivity index (χ1) is 11.6. The summed E-state index contributed by atoms with van der Waals surface area (Å²) >= 11 is 5.86. The molecule has 8 nitrogen and oxygen atoms in total. The van der Waals surface area contributed by atoms with Crippen LogP contribution in [0.1, 0.15) is 5.69 Å². The molecule has 2 rings (SSSR count). The summed E-state index contributed by atoms with van der Waals surface area (Å²) in [6.07, 6.45) is 1.37. The van der Waals surface area contributed by atoms with Crippen LogP contribution in [-0.2, 0) is 4.79 Å². The van der Waals surface area contributed by atoms with Gasteiger partial charge in [0.1, 0.15) is 0 Å². The summed E-state index contributed by atoms with van der Waals surface area (Å²) in [6.45, 7) is 0.0497.